The topological polar surface area (TPSA) is 66.4 Å². The number of halogens is 2. The summed E-state index contributed by atoms with van der Waals surface area (Å²) in [5.41, 5.74) is 0.227. The highest BCUT2D eigenvalue weighted by Crippen LogP contribution is 2.16. The van der Waals surface area contributed by atoms with Crippen LogP contribution in [0, 0.1) is 5.82 Å². The van der Waals surface area contributed by atoms with Gasteiger partial charge in [-0.15, -0.1) is 6.58 Å². The zero-order valence-corrected chi connectivity index (χ0v) is 12.1. The van der Waals surface area contributed by atoms with Crippen LogP contribution in [0.5, 0.6) is 0 Å². The van der Waals surface area contributed by atoms with Gasteiger partial charge in [0.2, 0.25) is 5.91 Å². The van der Waals surface area contributed by atoms with Crippen molar-refractivity contribution >= 4 is 33.9 Å². The summed E-state index contributed by atoms with van der Waals surface area (Å²) in [4.78, 5) is 22.4. The van der Waals surface area contributed by atoms with Crippen molar-refractivity contribution in [3.63, 3.8) is 0 Å². The number of aliphatic carboxylic acids is 1. The minimum atomic E-state index is -1.15. The van der Waals surface area contributed by atoms with Crippen molar-refractivity contribution in [3.05, 3.63) is 52.8 Å². The molecule has 4 nitrogen and oxygen atoms in total. The minimum Gasteiger partial charge on any atom is -0.480 e. The maximum Gasteiger partial charge on any atom is 0.326 e. The first-order valence-electron chi connectivity index (χ1n) is 5.71. The Labute approximate surface area is 124 Å². The molecule has 1 aromatic carbocycles. The lowest BCUT2D eigenvalue weighted by Gasteiger charge is -2.10. The fourth-order valence-corrected chi connectivity index (χ4v) is 1.79. The second kappa shape index (κ2) is 7.59. The van der Waals surface area contributed by atoms with E-state index in [0.29, 0.717) is 4.47 Å². The molecule has 1 aromatic rings. The van der Waals surface area contributed by atoms with E-state index in [4.69, 9.17) is 5.11 Å². The van der Waals surface area contributed by atoms with Gasteiger partial charge in [-0.2, -0.15) is 0 Å². The van der Waals surface area contributed by atoms with Crippen molar-refractivity contribution in [1.29, 1.82) is 0 Å². The average molecular weight is 342 g/mol. The SMILES string of the molecule is C=CCC(NC(=O)/C=C/c1cc(Br)ccc1F)C(=O)O. The molecule has 0 aliphatic carbocycles. The molecule has 1 rings (SSSR count). The van der Waals surface area contributed by atoms with Crippen molar-refractivity contribution in [2.75, 3.05) is 0 Å². The first-order valence-corrected chi connectivity index (χ1v) is 6.50. The Morgan fingerprint density at radius 2 is 2.20 bits per heavy atom. The summed E-state index contributed by atoms with van der Waals surface area (Å²) in [5.74, 6) is -2.24. The van der Waals surface area contributed by atoms with Crippen LogP contribution in [0.1, 0.15) is 12.0 Å². The van der Waals surface area contributed by atoms with Crippen molar-refractivity contribution in [2.45, 2.75) is 12.5 Å². The van der Waals surface area contributed by atoms with Gasteiger partial charge in [-0.3, -0.25) is 4.79 Å². The molecule has 0 radical (unpaired) electrons. The molecule has 0 aliphatic heterocycles. The summed E-state index contributed by atoms with van der Waals surface area (Å²) in [6, 6.07) is 3.27. The highest BCUT2D eigenvalue weighted by Gasteiger charge is 2.16. The van der Waals surface area contributed by atoms with E-state index in [1.165, 1.54) is 30.4 Å². The van der Waals surface area contributed by atoms with E-state index in [9.17, 15) is 14.0 Å². The molecular weight excluding hydrogens is 329 g/mol. The largest absolute Gasteiger partial charge is 0.480 e. The molecule has 1 amide bonds. The van der Waals surface area contributed by atoms with Gasteiger partial charge < -0.3 is 10.4 Å². The lowest BCUT2D eigenvalue weighted by molar-refractivity contribution is -0.141. The van der Waals surface area contributed by atoms with Gasteiger partial charge in [0, 0.05) is 16.1 Å². The third-order valence-corrected chi connectivity index (χ3v) is 2.88. The number of carbonyl (C=O) groups excluding carboxylic acids is 1. The molecule has 0 aromatic heterocycles. The number of hydrogen-bond donors (Lipinski definition) is 2. The zero-order chi connectivity index (χ0) is 15.1. The molecule has 0 aliphatic rings. The monoisotopic (exact) mass is 341 g/mol. The summed E-state index contributed by atoms with van der Waals surface area (Å²) in [7, 11) is 0. The van der Waals surface area contributed by atoms with Crippen LogP contribution < -0.4 is 5.32 Å². The fourth-order valence-electron chi connectivity index (χ4n) is 1.42. The Balaban J connectivity index is 2.74. The lowest BCUT2D eigenvalue weighted by Crippen LogP contribution is -2.39. The summed E-state index contributed by atoms with van der Waals surface area (Å²) < 4.78 is 14.1. The van der Waals surface area contributed by atoms with E-state index in [1.54, 1.807) is 0 Å². The number of hydrogen-bond acceptors (Lipinski definition) is 2. The second-order valence-electron chi connectivity index (χ2n) is 3.92. The lowest BCUT2D eigenvalue weighted by atomic mass is 10.2. The Morgan fingerprint density at radius 1 is 1.50 bits per heavy atom. The average Bonchev–Trinajstić information content (AvgIpc) is 2.39. The van der Waals surface area contributed by atoms with Crippen molar-refractivity contribution in [2.24, 2.45) is 0 Å². The van der Waals surface area contributed by atoms with Crippen LogP contribution in [-0.2, 0) is 9.59 Å². The standard InChI is InChI=1S/C14H13BrFNO3/c1-2-3-12(14(19)20)17-13(18)7-4-9-8-10(15)5-6-11(9)16/h2,4-8,12H,1,3H2,(H,17,18)(H,19,20)/b7-4+. The van der Waals surface area contributed by atoms with Crippen LogP contribution in [0.25, 0.3) is 6.08 Å². The van der Waals surface area contributed by atoms with Gasteiger partial charge in [0.25, 0.3) is 0 Å². The number of rotatable bonds is 6. The molecule has 6 heteroatoms. The Hall–Kier alpha value is -1.95. The summed E-state index contributed by atoms with van der Waals surface area (Å²) in [6.45, 7) is 3.42. The van der Waals surface area contributed by atoms with Crippen molar-refractivity contribution in [1.82, 2.24) is 5.32 Å². The quantitative estimate of drug-likeness (QED) is 0.617. The predicted molar refractivity (Wildman–Crippen MR) is 77.5 cm³/mol. The number of nitrogens with one attached hydrogen (secondary N) is 1. The normalized spacial score (nSPS) is 12.1. The second-order valence-corrected chi connectivity index (χ2v) is 4.84. The summed E-state index contributed by atoms with van der Waals surface area (Å²) in [6.07, 6.45) is 3.88. The predicted octanol–water partition coefficient (Wildman–Crippen LogP) is 2.75. The van der Waals surface area contributed by atoms with Gasteiger partial charge in [0.05, 0.1) is 0 Å². The minimum absolute atomic E-state index is 0.111. The Kier molecular flexibility index (Phi) is 6.11. The maximum atomic E-state index is 13.4. The number of carboxylic acid groups (broad SMARTS) is 1. The maximum absolute atomic E-state index is 13.4. The summed E-state index contributed by atoms with van der Waals surface area (Å²) >= 11 is 3.19. The first kappa shape index (κ1) is 16.1. The number of carboxylic acids is 1. The smallest absolute Gasteiger partial charge is 0.326 e. The molecule has 0 bridgehead atoms. The van der Waals surface area contributed by atoms with Crippen LogP contribution >= 0.6 is 15.9 Å². The number of carbonyl (C=O) groups is 2. The van der Waals surface area contributed by atoms with Crippen molar-refractivity contribution in [3.8, 4) is 0 Å². The van der Waals surface area contributed by atoms with Crippen LogP contribution in [0.3, 0.4) is 0 Å². The van der Waals surface area contributed by atoms with Gasteiger partial charge in [-0.05, 0) is 30.7 Å². The van der Waals surface area contributed by atoms with Crippen LogP contribution in [0.2, 0.25) is 0 Å². The van der Waals surface area contributed by atoms with Gasteiger partial charge in [0.15, 0.2) is 0 Å². The molecule has 2 N–H and O–H groups in total. The number of amides is 1. The molecule has 1 unspecified atom stereocenters. The molecule has 0 spiro atoms. The molecule has 20 heavy (non-hydrogen) atoms. The molecule has 106 valence electrons. The molecule has 0 saturated heterocycles. The van der Waals surface area contributed by atoms with Crippen molar-refractivity contribution < 1.29 is 19.1 Å². The first-order chi connectivity index (χ1) is 9.43. The van der Waals surface area contributed by atoms with Gasteiger partial charge in [0.1, 0.15) is 11.9 Å². The zero-order valence-electron chi connectivity index (χ0n) is 10.5. The highest BCUT2D eigenvalue weighted by atomic mass is 79.9. The van der Waals surface area contributed by atoms with Gasteiger partial charge >= 0.3 is 5.97 Å². The van der Waals surface area contributed by atoms with E-state index < -0.39 is 23.7 Å². The van der Waals surface area contributed by atoms with E-state index >= 15 is 0 Å². The van der Waals surface area contributed by atoms with Crippen LogP contribution in [-0.4, -0.2) is 23.0 Å². The third kappa shape index (κ3) is 4.97. The van der Waals surface area contributed by atoms with Crippen LogP contribution in [0.4, 0.5) is 4.39 Å². The van der Waals surface area contributed by atoms with Crippen LogP contribution in [0.15, 0.2) is 41.4 Å². The molecule has 0 fully saturated rings. The highest BCUT2D eigenvalue weighted by molar-refractivity contribution is 9.10. The molecular formula is C14H13BrFNO3. The third-order valence-electron chi connectivity index (χ3n) is 2.39. The fraction of sp³-hybridized carbons (Fsp3) is 0.143. The molecule has 0 heterocycles. The Morgan fingerprint density at radius 3 is 2.80 bits per heavy atom. The van der Waals surface area contributed by atoms with E-state index in [2.05, 4.69) is 27.8 Å². The Bertz CT molecular complexity index is 557. The van der Waals surface area contributed by atoms with E-state index in [0.717, 1.165) is 6.08 Å². The molecule has 0 saturated carbocycles. The van der Waals surface area contributed by atoms with E-state index in [1.807, 2.05) is 0 Å². The summed E-state index contributed by atoms with van der Waals surface area (Å²) in [5, 5.41) is 11.2. The van der Waals surface area contributed by atoms with Gasteiger partial charge in [-0.1, -0.05) is 22.0 Å². The van der Waals surface area contributed by atoms with Gasteiger partial charge in [-0.25, -0.2) is 9.18 Å². The van der Waals surface area contributed by atoms with E-state index in [-0.39, 0.29) is 12.0 Å². The molecule has 1 atom stereocenters. The number of benzene rings is 1.